The van der Waals surface area contributed by atoms with Crippen LogP contribution < -0.4 is 10.5 Å². The fourth-order valence-corrected chi connectivity index (χ4v) is 2.59. The van der Waals surface area contributed by atoms with E-state index >= 15 is 0 Å². The van der Waals surface area contributed by atoms with Gasteiger partial charge in [-0.15, -0.1) is 0 Å². The van der Waals surface area contributed by atoms with Crippen LogP contribution in [0.3, 0.4) is 0 Å². The quantitative estimate of drug-likeness (QED) is 0.595. The fourth-order valence-electron chi connectivity index (χ4n) is 1.41. The summed E-state index contributed by atoms with van der Waals surface area (Å²) in [5.41, 5.74) is 5.47. The molecule has 1 atom stereocenters. The van der Waals surface area contributed by atoms with E-state index in [1.54, 1.807) is 6.92 Å². The molecule has 0 amide bonds. The first kappa shape index (κ1) is 16.3. The molecule has 6 nitrogen and oxygen atoms in total. The van der Waals surface area contributed by atoms with Crippen LogP contribution in [-0.4, -0.2) is 39.3 Å². The molecule has 0 aromatic carbocycles. The van der Waals surface area contributed by atoms with Crippen LogP contribution in [0.4, 0.5) is 0 Å². The van der Waals surface area contributed by atoms with Crippen molar-refractivity contribution in [3.63, 3.8) is 0 Å². The summed E-state index contributed by atoms with van der Waals surface area (Å²) in [7, 11) is -3.66. The number of sulfonamides is 1. The number of nitrogens with two attached hydrogens (primary N) is 1. The van der Waals surface area contributed by atoms with Crippen LogP contribution in [0.2, 0.25) is 0 Å². The summed E-state index contributed by atoms with van der Waals surface area (Å²) in [6, 6.07) is -0.338. The maximum Gasteiger partial charge on any atom is 0.322 e. The van der Waals surface area contributed by atoms with Gasteiger partial charge in [-0.3, -0.25) is 4.79 Å². The molecule has 0 fully saturated rings. The van der Waals surface area contributed by atoms with E-state index in [9.17, 15) is 13.2 Å². The van der Waals surface area contributed by atoms with Gasteiger partial charge in [-0.2, -0.15) is 0 Å². The summed E-state index contributed by atoms with van der Waals surface area (Å²) in [5.74, 6) is -1.08. The number of carbonyl (C=O) groups is 1. The zero-order valence-electron chi connectivity index (χ0n) is 10.6. The molecular formula is C10H22N2O4S. The molecule has 1 unspecified atom stereocenters. The van der Waals surface area contributed by atoms with Crippen LogP contribution in [0.25, 0.3) is 0 Å². The van der Waals surface area contributed by atoms with E-state index in [0.29, 0.717) is 12.3 Å². The highest BCUT2D eigenvalue weighted by Crippen LogP contribution is 2.05. The van der Waals surface area contributed by atoms with Crippen LogP contribution >= 0.6 is 0 Å². The fraction of sp³-hybridized carbons (Fsp3) is 0.900. The molecule has 102 valence electrons. The van der Waals surface area contributed by atoms with Gasteiger partial charge in [-0.05, 0) is 19.3 Å². The van der Waals surface area contributed by atoms with Crippen LogP contribution in [0.1, 0.15) is 27.2 Å². The molecule has 0 aromatic rings. The number of ether oxygens (including phenoxy) is 1. The van der Waals surface area contributed by atoms with Gasteiger partial charge in [0.2, 0.25) is 10.0 Å². The number of esters is 1. The minimum atomic E-state index is -3.66. The first-order chi connectivity index (χ1) is 7.80. The first-order valence-electron chi connectivity index (χ1n) is 5.66. The largest absolute Gasteiger partial charge is 0.465 e. The summed E-state index contributed by atoms with van der Waals surface area (Å²) < 4.78 is 30.2. The molecule has 0 aliphatic rings. The lowest BCUT2D eigenvalue weighted by Crippen LogP contribution is -2.43. The minimum Gasteiger partial charge on any atom is -0.465 e. The van der Waals surface area contributed by atoms with Crippen molar-refractivity contribution in [1.29, 1.82) is 0 Å². The molecule has 0 saturated heterocycles. The van der Waals surface area contributed by atoms with Gasteiger partial charge in [0.05, 0.1) is 6.61 Å². The molecule has 0 aliphatic heterocycles. The average Bonchev–Trinajstić information content (AvgIpc) is 2.14. The van der Waals surface area contributed by atoms with Crippen molar-refractivity contribution in [3.8, 4) is 0 Å². The Balaban J connectivity index is 4.36. The molecule has 3 N–H and O–H groups in total. The van der Waals surface area contributed by atoms with E-state index < -0.39 is 21.7 Å². The Morgan fingerprint density at radius 2 is 2.00 bits per heavy atom. The SMILES string of the molecule is CCOC(=O)CS(=O)(=O)NC(CN)CC(C)C. The maximum absolute atomic E-state index is 11.6. The Morgan fingerprint density at radius 3 is 2.41 bits per heavy atom. The molecule has 0 spiro atoms. The van der Waals surface area contributed by atoms with Crippen molar-refractivity contribution >= 4 is 16.0 Å². The predicted molar refractivity (Wildman–Crippen MR) is 65.9 cm³/mol. The van der Waals surface area contributed by atoms with Crippen molar-refractivity contribution in [3.05, 3.63) is 0 Å². The van der Waals surface area contributed by atoms with E-state index in [0.717, 1.165) is 0 Å². The predicted octanol–water partition coefficient (Wildman–Crippen LogP) is -0.158. The first-order valence-corrected chi connectivity index (χ1v) is 7.31. The van der Waals surface area contributed by atoms with Gasteiger partial charge in [0, 0.05) is 12.6 Å². The third kappa shape index (κ3) is 8.12. The summed E-state index contributed by atoms with van der Waals surface area (Å²) in [6.07, 6.45) is 0.637. The van der Waals surface area contributed by atoms with Gasteiger partial charge in [0.25, 0.3) is 0 Å². The second-order valence-corrected chi connectivity index (χ2v) is 6.00. The number of rotatable bonds is 8. The smallest absolute Gasteiger partial charge is 0.322 e. The summed E-state index contributed by atoms with van der Waals surface area (Å²) >= 11 is 0. The lowest BCUT2D eigenvalue weighted by molar-refractivity contribution is -0.139. The van der Waals surface area contributed by atoms with Crippen molar-refractivity contribution in [1.82, 2.24) is 4.72 Å². The Bertz CT molecular complexity index is 327. The zero-order chi connectivity index (χ0) is 13.5. The summed E-state index contributed by atoms with van der Waals surface area (Å²) in [6.45, 7) is 5.95. The highest BCUT2D eigenvalue weighted by molar-refractivity contribution is 7.90. The Morgan fingerprint density at radius 1 is 1.41 bits per heavy atom. The normalized spacial score (nSPS) is 13.7. The van der Waals surface area contributed by atoms with E-state index in [4.69, 9.17) is 5.73 Å². The van der Waals surface area contributed by atoms with E-state index in [1.807, 2.05) is 13.8 Å². The van der Waals surface area contributed by atoms with Gasteiger partial charge in [-0.25, -0.2) is 13.1 Å². The molecule has 17 heavy (non-hydrogen) atoms. The molecule has 0 aromatic heterocycles. The zero-order valence-corrected chi connectivity index (χ0v) is 11.4. The molecule has 0 radical (unpaired) electrons. The lowest BCUT2D eigenvalue weighted by Gasteiger charge is -2.18. The van der Waals surface area contributed by atoms with E-state index in [2.05, 4.69) is 9.46 Å². The molecule has 0 rings (SSSR count). The Hall–Kier alpha value is -0.660. The number of hydrogen-bond donors (Lipinski definition) is 2. The lowest BCUT2D eigenvalue weighted by atomic mass is 10.1. The number of nitrogens with one attached hydrogen (secondary N) is 1. The topological polar surface area (TPSA) is 98.5 Å². The molecule has 0 saturated carbocycles. The van der Waals surface area contributed by atoms with Crippen molar-refractivity contribution < 1.29 is 17.9 Å². The van der Waals surface area contributed by atoms with Crippen LogP contribution in [0.15, 0.2) is 0 Å². The molecule has 0 bridgehead atoms. The average molecular weight is 266 g/mol. The van der Waals surface area contributed by atoms with Gasteiger partial charge in [-0.1, -0.05) is 13.8 Å². The van der Waals surface area contributed by atoms with Crippen molar-refractivity contribution in [2.75, 3.05) is 18.9 Å². The Labute approximate surface area is 103 Å². The maximum atomic E-state index is 11.6. The second-order valence-electron chi connectivity index (χ2n) is 4.24. The summed E-state index contributed by atoms with van der Waals surface area (Å²) in [4.78, 5) is 11.1. The molecular weight excluding hydrogens is 244 g/mol. The summed E-state index contributed by atoms with van der Waals surface area (Å²) in [5, 5.41) is 0. The molecule has 0 aliphatic carbocycles. The van der Waals surface area contributed by atoms with Gasteiger partial charge in [0.15, 0.2) is 5.75 Å². The van der Waals surface area contributed by atoms with Crippen LogP contribution in [-0.2, 0) is 19.6 Å². The van der Waals surface area contributed by atoms with E-state index in [-0.39, 0.29) is 19.2 Å². The number of hydrogen-bond acceptors (Lipinski definition) is 5. The van der Waals surface area contributed by atoms with Gasteiger partial charge >= 0.3 is 5.97 Å². The van der Waals surface area contributed by atoms with Gasteiger partial charge < -0.3 is 10.5 Å². The highest BCUT2D eigenvalue weighted by atomic mass is 32.2. The minimum absolute atomic E-state index is 0.167. The van der Waals surface area contributed by atoms with Crippen molar-refractivity contribution in [2.45, 2.75) is 33.2 Å². The van der Waals surface area contributed by atoms with Crippen LogP contribution in [0.5, 0.6) is 0 Å². The Kier molecular flexibility index (Phi) is 7.33. The van der Waals surface area contributed by atoms with Gasteiger partial charge in [0.1, 0.15) is 0 Å². The molecule has 7 heteroatoms. The van der Waals surface area contributed by atoms with Crippen LogP contribution in [0, 0.1) is 5.92 Å². The third-order valence-corrected chi connectivity index (χ3v) is 3.31. The monoisotopic (exact) mass is 266 g/mol. The van der Waals surface area contributed by atoms with E-state index in [1.165, 1.54) is 0 Å². The third-order valence-electron chi connectivity index (χ3n) is 2.00. The number of carbonyl (C=O) groups excluding carboxylic acids is 1. The second kappa shape index (κ2) is 7.62. The van der Waals surface area contributed by atoms with Crippen molar-refractivity contribution in [2.24, 2.45) is 11.7 Å². The standard InChI is InChI=1S/C10H22N2O4S/c1-4-16-10(13)7-17(14,15)12-9(6-11)5-8(2)3/h8-9,12H,4-7,11H2,1-3H3. The highest BCUT2D eigenvalue weighted by Gasteiger charge is 2.21. The molecule has 0 heterocycles.